The lowest BCUT2D eigenvalue weighted by Gasteiger charge is -2.05. The number of hydrogen-bond acceptors (Lipinski definition) is 7. The van der Waals surface area contributed by atoms with Crippen LogP contribution in [-0.4, -0.2) is 15.9 Å². The van der Waals surface area contributed by atoms with Gasteiger partial charge in [-0.05, 0) is 23.6 Å². The molecule has 0 bridgehead atoms. The lowest BCUT2D eigenvalue weighted by atomic mass is 10.2. The Morgan fingerprint density at radius 1 is 1.24 bits per heavy atom. The van der Waals surface area contributed by atoms with E-state index in [1.165, 1.54) is 11.3 Å². The van der Waals surface area contributed by atoms with Crippen molar-refractivity contribution in [1.82, 2.24) is 9.97 Å². The minimum atomic E-state index is -0.809. The van der Waals surface area contributed by atoms with Crippen molar-refractivity contribution in [2.24, 2.45) is 0 Å². The van der Waals surface area contributed by atoms with E-state index in [9.17, 15) is 14.4 Å². The molecule has 8 heteroatoms. The molecule has 0 saturated heterocycles. The highest BCUT2D eigenvalue weighted by atomic mass is 32.1. The number of esters is 1. The van der Waals surface area contributed by atoms with E-state index in [-0.39, 0.29) is 29.2 Å². The molecule has 0 aliphatic rings. The number of nitrogens with zero attached hydrogens (tertiary/aromatic N) is 1. The molecule has 3 heterocycles. The third-order valence-corrected chi connectivity index (χ3v) is 4.44. The van der Waals surface area contributed by atoms with Crippen molar-refractivity contribution in [3.8, 4) is 0 Å². The molecule has 1 aromatic carbocycles. The van der Waals surface area contributed by atoms with Crippen LogP contribution in [0.3, 0.4) is 0 Å². The molecule has 0 fully saturated rings. The van der Waals surface area contributed by atoms with Gasteiger partial charge < -0.3 is 14.1 Å². The number of aromatic nitrogens is 2. The van der Waals surface area contributed by atoms with Gasteiger partial charge in [0.15, 0.2) is 5.43 Å². The summed E-state index contributed by atoms with van der Waals surface area (Å²) < 4.78 is 11.0. The van der Waals surface area contributed by atoms with Crippen LogP contribution in [0.1, 0.15) is 16.4 Å². The molecule has 124 valence electrons. The number of hydrogen-bond donors (Lipinski definition) is 1. The average molecular weight is 354 g/mol. The highest BCUT2D eigenvalue weighted by Crippen LogP contribution is 2.15. The summed E-state index contributed by atoms with van der Waals surface area (Å²) in [6.07, 6.45) is 0. The number of benzene rings is 1. The number of ether oxygens (including phenoxy) is 1. The fraction of sp³-hybridized carbons (Fsp3) is 0.0588. The number of thiophene rings is 1. The Bertz CT molecular complexity index is 1220. The summed E-state index contributed by atoms with van der Waals surface area (Å²) in [6, 6.07) is 9.41. The number of carbonyl (C=O) groups excluding carboxylic acids is 1. The second kappa shape index (κ2) is 5.99. The van der Waals surface area contributed by atoms with E-state index in [1.54, 1.807) is 35.7 Å². The highest BCUT2D eigenvalue weighted by Gasteiger charge is 2.15. The maximum absolute atomic E-state index is 12.1. The first-order valence-electron chi connectivity index (χ1n) is 7.28. The van der Waals surface area contributed by atoms with Crippen molar-refractivity contribution < 1.29 is 13.9 Å². The molecular weight excluding hydrogens is 344 g/mol. The summed E-state index contributed by atoms with van der Waals surface area (Å²) in [5, 5.41) is 2.14. The Kier molecular flexibility index (Phi) is 3.66. The third-order valence-electron chi connectivity index (χ3n) is 3.54. The second-order valence-electron chi connectivity index (χ2n) is 5.19. The lowest BCUT2D eigenvalue weighted by Crippen LogP contribution is -2.14. The molecule has 25 heavy (non-hydrogen) atoms. The van der Waals surface area contributed by atoms with E-state index < -0.39 is 5.97 Å². The molecule has 0 radical (unpaired) electrons. The zero-order valence-corrected chi connectivity index (χ0v) is 13.5. The van der Waals surface area contributed by atoms with E-state index in [1.807, 2.05) is 0 Å². The maximum atomic E-state index is 12.1. The SMILES string of the molecule is O=C(OCc1nc2ccsc2c(=O)[nH]1)c1cc(=O)c2ccccc2o1. The zero-order chi connectivity index (χ0) is 17.4. The molecule has 0 aliphatic carbocycles. The summed E-state index contributed by atoms with van der Waals surface area (Å²) in [7, 11) is 0. The van der Waals surface area contributed by atoms with Crippen molar-refractivity contribution in [3.05, 3.63) is 73.9 Å². The van der Waals surface area contributed by atoms with E-state index in [2.05, 4.69) is 9.97 Å². The first kappa shape index (κ1) is 15.3. The zero-order valence-electron chi connectivity index (χ0n) is 12.6. The molecule has 3 aromatic heterocycles. The van der Waals surface area contributed by atoms with Gasteiger partial charge in [-0.1, -0.05) is 12.1 Å². The Hall–Kier alpha value is -3.26. The van der Waals surface area contributed by atoms with Crippen LogP contribution in [0.5, 0.6) is 0 Å². The first-order valence-corrected chi connectivity index (χ1v) is 8.16. The van der Waals surface area contributed by atoms with Gasteiger partial charge in [-0.2, -0.15) is 0 Å². The highest BCUT2D eigenvalue weighted by molar-refractivity contribution is 7.17. The summed E-state index contributed by atoms with van der Waals surface area (Å²) >= 11 is 1.28. The van der Waals surface area contributed by atoms with E-state index in [4.69, 9.17) is 9.15 Å². The monoisotopic (exact) mass is 354 g/mol. The molecule has 4 aromatic rings. The van der Waals surface area contributed by atoms with Crippen molar-refractivity contribution in [3.63, 3.8) is 0 Å². The van der Waals surface area contributed by atoms with Crippen molar-refractivity contribution in [1.29, 1.82) is 0 Å². The number of para-hydroxylation sites is 1. The Balaban J connectivity index is 1.59. The number of rotatable bonds is 3. The number of aromatic amines is 1. The Labute approximate surface area is 143 Å². The van der Waals surface area contributed by atoms with Crippen LogP contribution in [0.25, 0.3) is 21.2 Å². The topological polar surface area (TPSA) is 102 Å². The number of fused-ring (bicyclic) bond motifs is 2. The third kappa shape index (κ3) is 2.83. The largest absolute Gasteiger partial charge is 0.452 e. The van der Waals surface area contributed by atoms with Gasteiger partial charge in [-0.15, -0.1) is 11.3 Å². The van der Waals surface area contributed by atoms with Crippen LogP contribution in [0.2, 0.25) is 0 Å². The number of carbonyl (C=O) groups is 1. The summed E-state index contributed by atoms with van der Waals surface area (Å²) in [4.78, 5) is 42.8. The summed E-state index contributed by atoms with van der Waals surface area (Å²) in [6.45, 7) is -0.240. The van der Waals surface area contributed by atoms with Crippen LogP contribution in [-0.2, 0) is 11.3 Å². The fourth-order valence-corrected chi connectivity index (χ4v) is 3.13. The normalized spacial score (nSPS) is 11.0. The molecule has 0 aliphatic heterocycles. The van der Waals surface area contributed by atoms with Crippen molar-refractivity contribution >= 4 is 38.5 Å². The quantitative estimate of drug-likeness (QED) is 0.567. The van der Waals surface area contributed by atoms with Crippen LogP contribution in [0.4, 0.5) is 0 Å². The Morgan fingerprint density at radius 3 is 2.96 bits per heavy atom. The van der Waals surface area contributed by atoms with Crippen LogP contribution < -0.4 is 11.0 Å². The molecule has 0 atom stereocenters. The molecular formula is C17H10N2O5S. The molecule has 7 nitrogen and oxygen atoms in total. The lowest BCUT2D eigenvalue weighted by molar-refractivity contribution is 0.0426. The van der Waals surface area contributed by atoms with Crippen LogP contribution >= 0.6 is 11.3 Å². The van der Waals surface area contributed by atoms with Crippen LogP contribution in [0, 0.1) is 0 Å². The minimum Gasteiger partial charge on any atom is -0.452 e. The van der Waals surface area contributed by atoms with Gasteiger partial charge in [0.25, 0.3) is 5.56 Å². The summed E-state index contributed by atoms with van der Waals surface area (Å²) in [5.41, 5.74) is 0.216. The molecule has 0 amide bonds. The predicted octanol–water partition coefficient (Wildman–Crippen LogP) is 2.45. The molecule has 4 rings (SSSR count). The maximum Gasteiger partial charge on any atom is 0.374 e. The standard InChI is InChI=1S/C17H10N2O5S/c20-11-7-13(24-12-4-2-1-3-9(11)12)17(22)23-8-14-18-10-5-6-25-15(10)16(21)19-14/h1-7H,8H2,(H,18,19,21). The van der Waals surface area contributed by atoms with Crippen molar-refractivity contribution in [2.75, 3.05) is 0 Å². The van der Waals surface area contributed by atoms with E-state index in [0.717, 1.165) is 6.07 Å². The molecule has 1 N–H and O–H groups in total. The number of H-pyrrole nitrogens is 1. The van der Waals surface area contributed by atoms with Gasteiger partial charge in [0.05, 0.1) is 10.9 Å². The summed E-state index contributed by atoms with van der Waals surface area (Å²) in [5.74, 6) is -0.800. The minimum absolute atomic E-state index is 0.206. The molecule has 0 spiro atoms. The van der Waals surface area contributed by atoms with Gasteiger partial charge in [0, 0.05) is 6.07 Å². The predicted molar refractivity (Wildman–Crippen MR) is 91.8 cm³/mol. The Morgan fingerprint density at radius 2 is 2.08 bits per heavy atom. The smallest absolute Gasteiger partial charge is 0.374 e. The van der Waals surface area contributed by atoms with Gasteiger partial charge in [-0.25, -0.2) is 9.78 Å². The average Bonchev–Trinajstić information content (AvgIpc) is 3.09. The van der Waals surface area contributed by atoms with Crippen molar-refractivity contribution in [2.45, 2.75) is 6.61 Å². The van der Waals surface area contributed by atoms with E-state index >= 15 is 0 Å². The van der Waals surface area contributed by atoms with Gasteiger partial charge >= 0.3 is 5.97 Å². The second-order valence-corrected chi connectivity index (χ2v) is 6.11. The van der Waals surface area contributed by atoms with E-state index in [0.29, 0.717) is 21.2 Å². The van der Waals surface area contributed by atoms with Gasteiger partial charge in [0.2, 0.25) is 5.76 Å². The van der Waals surface area contributed by atoms with Crippen LogP contribution in [0.15, 0.2) is 55.8 Å². The molecule has 0 unspecified atom stereocenters. The first-order chi connectivity index (χ1) is 12.1. The van der Waals surface area contributed by atoms with Gasteiger partial charge in [0.1, 0.15) is 22.7 Å². The fourth-order valence-electron chi connectivity index (χ4n) is 2.40. The molecule has 0 saturated carbocycles. The van der Waals surface area contributed by atoms with Gasteiger partial charge in [-0.3, -0.25) is 9.59 Å². The number of nitrogens with one attached hydrogen (secondary N) is 1.